The Morgan fingerprint density at radius 3 is 2.91 bits per heavy atom. The molecule has 0 spiro atoms. The zero-order valence-electron chi connectivity index (χ0n) is 7.17. The van der Waals surface area contributed by atoms with E-state index in [1.54, 1.807) is 0 Å². The SMILES string of the molecule is CCC(C)P1(=O)NCCCO1. The fourth-order valence-electron chi connectivity index (χ4n) is 1.08. The maximum Gasteiger partial charge on any atom is 0.272 e. The summed E-state index contributed by atoms with van der Waals surface area (Å²) in [7, 11) is -2.45. The van der Waals surface area contributed by atoms with E-state index in [9.17, 15) is 4.57 Å². The molecule has 11 heavy (non-hydrogen) atoms. The second-order valence-corrected chi connectivity index (χ2v) is 5.60. The van der Waals surface area contributed by atoms with Gasteiger partial charge in [0.25, 0.3) is 7.52 Å². The van der Waals surface area contributed by atoms with Gasteiger partial charge in [0.05, 0.1) is 6.61 Å². The fourth-order valence-corrected chi connectivity index (χ4v) is 3.08. The molecule has 0 radical (unpaired) electrons. The molecule has 1 heterocycles. The van der Waals surface area contributed by atoms with Crippen molar-refractivity contribution in [3.63, 3.8) is 0 Å². The monoisotopic (exact) mass is 177 g/mol. The van der Waals surface area contributed by atoms with Crippen LogP contribution in [0.3, 0.4) is 0 Å². The van der Waals surface area contributed by atoms with Crippen LogP contribution in [0.15, 0.2) is 0 Å². The van der Waals surface area contributed by atoms with Crippen molar-refractivity contribution < 1.29 is 9.09 Å². The Morgan fingerprint density at radius 2 is 2.45 bits per heavy atom. The Balaban J connectivity index is 2.56. The Hall–Kier alpha value is 0.150. The predicted octanol–water partition coefficient (Wildman–Crippen LogP) is 1.99. The van der Waals surface area contributed by atoms with Gasteiger partial charge in [0.15, 0.2) is 0 Å². The number of hydrogen-bond donors (Lipinski definition) is 1. The van der Waals surface area contributed by atoms with Gasteiger partial charge in [0, 0.05) is 12.2 Å². The number of hydrogen-bond acceptors (Lipinski definition) is 2. The van der Waals surface area contributed by atoms with Crippen LogP contribution in [-0.4, -0.2) is 18.8 Å². The zero-order valence-corrected chi connectivity index (χ0v) is 8.06. The molecule has 66 valence electrons. The van der Waals surface area contributed by atoms with E-state index in [-0.39, 0.29) is 5.66 Å². The summed E-state index contributed by atoms with van der Waals surface area (Å²) in [6.45, 7) is 5.49. The normalized spacial score (nSPS) is 35.1. The minimum Gasteiger partial charge on any atom is -0.317 e. The van der Waals surface area contributed by atoms with Crippen LogP contribution in [0.1, 0.15) is 26.7 Å². The quantitative estimate of drug-likeness (QED) is 0.655. The van der Waals surface area contributed by atoms with Crippen molar-refractivity contribution >= 4 is 7.52 Å². The van der Waals surface area contributed by atoms with E-state index in [1.807, 2.05) is 13.8 Å². The first-order valence-electron chi connectivity index (χ1n) is 4.18. The van der Waals surface area contributed by atoms with Crippen LogP contribution in [0.25, 0.3) is 0 Å². The highest BCUT2D eigenvalue weighted by atomic mass is 31.2. The molecule has 1 N–H and O–H groups in total. The van der Waals surface area contributed by atoms with Crippen LogP contribution in [0.4, 0.5) is 0 Å². The average Bonchev–Trinajstić information content (AvgIpc) is 2.04. The lowest BCUT2D eigenvalue weighted by atomic mass is 10.4. The molecule has 1 rings (SSSR count). The van der Waals surface area contributed by atoms with Gasteiger partial charge in [0.1, 0.15) is 0 Å². The van der Waals surface area contributed by atoms with E-state index in [0.717, 1.165) is 19.4 Å². The third-order valence-corrected chi connectivity index (χ3v) is 4.86. The van der Waals surface area contributed by atoms with Crippen molar-refractivity contribution in [2.24, 2.45) is 0 Å². The minimum absolute atomic E-state index is 0.155. The first-order valence-corrected chi connectivity index (χ1v) is 5.88. The minimum atomic E-state index is -2.45. The molecule has 3 nitrogen and oxygen atoms in total. The van der Waals surface area contributed by atoms with Gasteiger partial charge in [-0.1, -0.05) is 13.8 Å². The van der Waals surface area contributed by atoms with Gasteiger partial charge >= 0.3 is 0 Å². The van der Waals surface area contributed by atoms with Crippen LogP contribution < -0.4 is 5.09 Å². The molecule has 1 aliphatic rings. The van der Waals surface area contributed by atoms with E-state index in [0.29, 0.717) is 6.61 Å². The molecule has 0 aromatic heterocycles. The summed E-state index contributed by atoms with van der Waals surface area (Å²) < 4.78 is 17.1. The van der Waals surface area contributed by atoms with E-state index in [1.165, 1.54) is 0 Å². The van der Waals surface area contributed by atoms with Gasteiger partial charge in [-0.2, -0.15) is 0 Å². The van der Waals surface area contributed by atoms with Gasteiger partial charge in [0.2, 0.25) is 0 Å². The smallest absolute Gasteiger partial charge is 0.272 e. The third-order valence-electron chi connectivity index (χ3n) is 2.11. The standard InChI is InChI=1S/C7H16NO2P/c1-3-7(2)11(9)8-5-4-6-10-11/h7H,3-6H2,1-2H3,(H,8,9). The largest absolute Gasteiger partial charge is 0.317 e. The highest BCUT2D eigenvalue weighted by Gasteiger charge is 2.31. The Morgan fingerprint density at radius 1 is 1.73 bits per heavy atom. The molecular formula is C7H16NO2P. The zero-order chi connectivity index (χ0) is 8.32. The lowest BCUT2D eigenvalue weighted by molar-refractivity contribution is 0.271. The van der Waals surface area contributed by atoms with Gasteiger partial charge in [-0.25, -0.2) is 5.09 Å². The Bertz CT molecular complexity index is 162. The maximum absolute atomic E-state index is 11.8. The van der Waals surface area contributed by atoms with Crippen molar-refractivity contribution in [1.82, 2.24) is 5.09 Å². The molecule has 0 aromatic rings. The third kappa shape index (κ3) is 2.05. The highest BCUT2D eigenvalue weighted by molar-refractivity contribution is 7.57. The highest BCUT2D eigenvalue weighted by Crippen LogP contribution is 2.50. The van der Waals surface area contributed by atoms with Crippen LogP contribution in [-0.2, 0) is 9.09 Å². The van der Waals surface area contributed by atoms with Gasteiger partial charge in [-0.3, -0.25) is 4.57 Å². The molecule has 1 fully saturated rings. The van der Waals surface area contributed by atoms with Crippen molar-refractivity contribution in [2.45, 2.75) is 32.3 Å². The Labute approximate surface area is 68.0 Å². The summed E-state index contributed by atoms with van der Waals surface area (Å²) in [5.41, 5.74) is 0.155. The van der Waals surface area contributed by atoms with E-state index in [2.05, 4.69) is 5.09 Å². The summed E-state index contributed by atoms with van der Waals surface area (Å²) in [5.74, 6) is 0. The second kappa shape index (κ2) is 3.70. The lowest BCUT2D eigenvalue weighted by Crippen LogP contribution is -2.26. The summed E-state index contributed by atoms with van der Waals surface area (Å²) >= 11 is 0. The number of rotatable bonds is 2. The lowest BCUT2D eigenvalue weighted by Gasteiger charge is -2.28. The molecular weight excluding hydrogens is 161 g/mol. The average molecular weight is 177 g/mol. The summed E-state index contributed by atoms with van der Waals surface area (Å²) in [6, 6.07) is 0. The van der Waals surface area contributed by atoms with Crippen LogP contribution >= 0.6 is 7.52 Å². The summed E-state index contributed by atoms with van der Waals surface area (Å²) in [6.07, 6.45) is 1.88. The van der Waals surface area contributed by atoms with Crippen LogP contribution in [0.5, 0.6) is 0 Å². The van der Waals surface area contributed by atoms with E-state index < -0.39 is 7.52 Å². The molecule has 0 aliphatic carbocycles. The molecule has 1 aliphatic heterocycles. The Kier molecular flexibility index (Phi) is 3.11. The van der Waals surface area contributed by atoms with Crippen LogP contribution in [0.2, 0.25) is 0 Å². The molecule has 4 heteroatoms. The molecule has 2 unspecified atom stereocenters. The summed E-state index contributed by atoms with van der Waals surface area (Å²) in [4.78, 5) is 0. The van der Waals surface area contributed by atoms with Gasteiger partial charge in [-0.15, -0.1) is 0 Å². The molecule has 2 atom stereocenters. The number of nitrogens with one attached hydrogen (secondary N) is 1. The maximum atomic E-state index is 11.8. The predicted molar refractivity (Wildman–Crippen MR) is 45.9 cm³/mol. The van der Waals surface area contributed by atoms with Crippen molar-refractivity contribution in [3.8, 4) is 0 Å². The molecule has 0 amide bonds. The van der Waals surface area contributed by atoms with E-state index >= 15 is 0 Å². The molecule has 0 bridgehead atoms. The first-order chi connectivity index (χ1) is 5.19. The van der Waals surface area contributed by atoms with Gasteiger partial charge < -0.3 is 4.52 Å². The summed E-state index contributed by atoms with van der Waals surface area (Å²) in [5, 5.41) is 2.98. The molecule has 1 saturated heterocycles. The topological polar surface area (TPSA) is 38.3 Å². The molecule has 0 saturated carbocycles. The van der Waals surface area contributed by atoms with Crippen molar-refractivity contribution in [2.75, 3.05) is 13.2 Å². The van der Waals surface area contributed by atoms with E-state index in [4.69, 9.17) is 4.52 Å². The molecule has 0 aromatic carbocycles. The van der Waals surface area contributed by atoms with Crippen LogP contribution in [0, 0.1) is 0 Å². The fraction of sp³-hybridized carbons (Fsp3) is 1.00. The first kappa shape index (κ1) is 9.24. The second-order valence-electron chi connectivity index (χ2n) is 2.95. The van der Waals surface area contributed by atoms with Crippen molar-refractivity contribution in [1.29, 1.82) is 0 Å². The van der Waals surface area contributed by atoms with Gasteiger partial charge in [-0.05, 0) is 12.8 Å². The van der Waals surface area contributed by atoms with Crippen molar-refractivity contribution in [3.05, 3.63) is 0 Å².